The van der Waals surface area contributed by atoms with Gasteiger partial charge in [-0.15, -0.1) is 0 Å². The van der Waals surface area contributed by atoms with Crippen LogP contribution in [-0.4, -0.2) is 20.9 Å². The van der Waals surface area contributed by atoms with E-state index in [-0.39, 0.29) is 17.3 Å². The third-order valence-electron chi connectivity index (χ3n) is 4.15. The van der Waals surface area contributed by atoms with Crippen molar-refractivity contribution in [3.8, 4) is 0 Å². The molecule has 0 aliphatic heterocycles. The minimum atomic E-state index is -0.871. The van der Waals surface area contributed by atoms with Gasteiger partial charge < -0.3 is 10.6 Å². The summed E-state index contributed by atoms with van der Waals surface area (Å²) in [5, 5.41) is 6.41. The second-order valence-corrected chi connectivity index (χ2v) is 6.30. The first kappa shape index (κ1) is 18.4. The Kier molecular flexibility index (Phi) is 4.82. The topological polar surface area (TPSA) is 79.8 Å². The van der Waals surface area contributed by atoms with E-state index in [0.29, 0.717) is 17.4 Å². The molecule has 0 bridgehead atoms. The molecule has 2 aromatic heterocycles. The van der Waals surface area contributed by atoms with Crippen molar-refractivity contribution in [3.05, 3.63) is 83.8 Å². The Balaban J connectivity index is 1.62. The molecule has 4 aromatic rings. The predicted molar refractivity (Wildman–Crippen MR) is 106 cm³/mol. The van der Waals surface area contributed by atoms with Gasteiger partial charge in [-0.25, -0.2) is 18.7 Å². The molecule has 2 heterocycles. The maximum absolute atomic E-state index is 13.8. The minimum absolute atomic E-state index is 0.0388. The maximum Gasteiger partial charge on any atom is 0.274 e. The lowest BCUT2D eigenvalue weighted by molar-refractivity contribution is 0.102. The number of halogens is 2. The molecule has 144 valence electrons. The number of nitrogens with one attached hydrogen (secondary N) is 2. The van der Waals surface area contributed by atoms with Gasteiger partial charge in [-0.1, -0.05) is 18.2 Å². The fourth-order valence-corrected chi connectivity index (χ4v) is 2.84. The second-order valence-electron chi connectivity index (χ2n) is 6.30. The largest absolute Gasteiger partial charge is 0.322 e. The molecule has 4 rings (SSSR count). The summed E-state index contributed by atoms with van der Waals surface area (Å²) in [5.41, 5.74) is 1.86. The first-order valence-corrected chi connectivity index (χ1v) is 8.72. The summed E-state index contributed by atoms with van der Waals surface area (Å²) >= 11 is 0. The van der Waals surface area contributed by atoms with E-state index in [0.717, 1.165) is 23.0 Å². The molecule has 0 aliphatic rings. The van der Waals surface area contributed by atoms with Gasteiger partial charge in [0.15, 0.2) is 0 Å². The highest BCUT2D eigenvalue weighted by atomic mass is 19.1. The van der Waals surface area contributed by atoms with Gasteiger partial charge in [-0.05, 0) is 37.3 Å². The highest BCUT2D eigenvalue weighted by Gasteiger charge is 2.14. The first-order valence-electron chi connectivity index (χ1n) is 8.72. The number of fused-ring (bicyclic) bond motifs is 1. The van der Waals surface area contributed by atoms with E-state index in [1.165, 1.54) is 6.07 Å². The molecule has 0 saturated heterocycles. The summed E-state index contributed by atoms with van der Waals surface area (Å²) in [6, 6.07) is 13.8. The standard InChI is InChI=1S/C21H15F2N5O/c1-12-10-18(20(29)26-16-8-7-14(22)11-15(16)23)28-21(25-12)27-17-6-2-4-13-5-3-9-24-19(13)17/h2-11H,1H3,(H,26,29)(H,25,27,28). The lowest BCUT2D eigenvalue weighted by atomic mass is 10.2. The Morgan fingerprint density at radius 2 is 1.79 bits per heavy atom. The van der Waals surface area contributed by atoms with Crippen molar-refractivity contribution < 1.29 is 13.6 Å². The zero-order valence-corrected chi connectivity index (χ0v) is 15.3. The van der Waals surface area contributed by atoms with E-state index in [9.17, 15) is 13.6 Å². The number of benzene rings is 2. The molecule has 6 nitrogen and oxygen atoms in total. The third-order valence-corrected chi connectivity index (χ3v) is 4.15. The van der Waals surface area contributed by atoms with Crippen LogP contribution >= 0.6 is 0 Å². The van der Waals surface area contributed by atoms with Crippen molar-refractivity contribution in [2.24, 2.45) is 0 Å². The quantitative estimate of drug-likeness (QED) is 0.531. The van der Waals surface area contributed by atoms with Crippen LogP contribution in [0.5, 0.6) is 0 Å². The number of anilines is 3. The van der Waals surface area contributed by atoms with E-state index >= 15 is 0 Å². The Hall–Kier alpha value is -3.94. The average Bonchev–Trinajstić information content (AvgIpc) is 2.70. The number of carbonyl (C=O) groups excluding carboxylic acids is 1. The molecular formula is C21H15F2N5O. The number of hydrogen-bond donors (Lipinski definition) is 2. The van der Waals surface area contributed by atoms with Crippen LogP contribution in [0.1, 0.15) is 16.2 Å². The van der Waals surface area contributed by atoms with Crippen LogP contribution in [0.2, 0.25) is 0 Å². The number of amides is 1. The number of rotatable bonds is 4. The second kappa shape index (κ2) is 7.59. The van der Waals surface area contributed by atoms with Gasteiger partial charge >= 0.3 is 0 Å². The molecule has 0 atom stereocenters. The minimum Gasteiger partial charge on any atom is -0.322 e. The smallest absolute Gasteiger partial charge is 0.274 e. The Morgan fingerprint density at radius 1 is 0.966 bits per heavy atom. The lowest BCUT2D eigenvalue weighted by Gasteiger charge is -2.10. The van der Waals surface area contributed by atoms with E-state index in [1.807, 2.05) is 30.3 Å². The van der Waals surface area contributed by atoms with Crippen LogP contribution < -0.4 is 10.6 Å². The monoisotopic (exact) mass is 391 g/mol. The highest BCUT2D eigenvalue weighted by Crippen LogP contribution is 2.23. The molecule has 0 radical (unpaired) electrons. The third kappa shape index (κ3) is 4.01. The van der Waals surface area contributed by atoms with Crippen LogP contribution in [0.25, 0.3) is 10.9 Å². The average molecular weight is 391 g/mol. The molecule has 1 amide bonds. The lowest BCUT2D eigenvalue weighted by Crippen LogP contribution is -2.16. The van der Waals surface area contributed by atoms with Crippen molar-refractivity contribution in [1.29, 1.82) is 0 Å². The van der Waals surface area contributed by atoms with E-state index in [1.54, 1.807) is 13.1 Å². The summed E-state index contributed by atoms with van der Waals surface area (Å²) in [6.07, 6.45) is 1.68. The van der Waals surface area contributed by atoms with Gasteiger partial charge in [-0.3, -0.25) is 9.78 Å². The van der Waals surface area contributed by atoms with Gasteiger partial charge in [0.2, 0.25) is 5.95 Å². The zero-order chi connectivity index (χ0) is 20.4. The number of hydrogen-bond acceptors (Lipinski definition) is 5. The molecule has 0 spiro atoms. The predicted octanol–water partition coefficient (Wildman–Crippen LogP) is 4.61. The maximum atomic E-state index is 13.8. The van der Waals surface area contributed by atoms with Gasteiger partial charge in [0, 0.05) is 23.3 Å². The summed E-state index contributed by atoms with van der Waals surface area (Å²) in [7, 11) is 0. The molecule has 2 aromatic carbocycles. The van der Waals surface area contributed by atoms with Crippen molar-refractivity contribution in [2.45, 2.75) is 6.92 Å². The molecule has 0 aliphatic carbocycles. The molecule has 0 saturated carbocycles. The Labute approximate surface area is 164 Å². The molecule has 2 N–H and O–H groups in total. The molecule has 29 heavy (non-hydrogen) atoms. The summed E-state index contributed by atoms with van der Waals surface area (Å²) in [6.45, 7) is 1.71. The summed E-state index contributed by atoms with van der Waals surface area (Å²) in [5.74, 6) is -2.04. The molecular weight excluding hydrogens is 376 g/mol. The normalized spacial score (nSPS) is 10.7. The van der Waals surface area contributed by atoms with Gasteiger partial charge in [0.25, 0.3) is 5.91 Å². The van der Waals surface area contributed by atoms with E-state index in [2.05, 4.69) is 25.6 Å². The van der Waals surface area contributed by atoms with Crippen molar-refractivity contribution in [2.75, 3.05) is 10.6 Å². The summed E-state index contributed by atoms with van der Waals surface area (Å²) in [4.78, 5) is 25.4. The highest BCUT2D eigenvalue weighted by molar-refractivity contribution is 6.03. The number of aryl methyl sites for hydroxylation is 1. The van der Waals surface area contributed by atoms with Crippen molar-refractivity contribution in [3.63, 3.8) is 0 Å². The van der Waals surface area contributed by atoms with Crippen LogP contribution in [-0.2, 0) is 0 Å². The number of carbonyl (C=O) groups is 1. The molecule has 0 fully saturated rings. The van der Waals surface area contributed by atoms with E-state index in [4.69, 9.17) is 0 Å². The Morgan fingerprint density at radius 3 is 2.62 bits per heavy atom. The number of nitrogens with zero attached hydrogens (tertiary/aromatic N) is 3. The summed E-state index contributed by atoms with van der Waals surface area (Å²) < 4.78 is 26.9. The fraction of sp³-hybridized carbons (Fsp3) is 0.0476. The van der Waals surface area contributed by atoms with Crippen molar-refractivity contribution >= 4 is 34.1 Å². The zero-order valence-electron chi connectivity index (χ0n) is 15.3. The van der Waals surface area contributed by atoms with Crippen LogP contribution in [0.4, 0.5) is 26.1 Å². The molecule has 8 heteroatoms. The van der Waals surface area contributed by atoms with Gasteiger partial charge in [-0.2, -0.15) is 0 Å². The van der Waals surface area contributed by atoms with Gasteiger partial charge in [0.1, 0.15) is 17.3 Å². The van der Waals surface area contributed by atoms with Gasteiger partial charge in [0.05, 0.1) is 16.9 Å². The SMILES string of the molecule is Cc1cc(C(=O)Nc2ccc(F)cc2F)nc(Nc2cccc3cccnc23)n1. The van der Waals surface area contributed by atoms with E-state index < -0.39 is 17.5 Å². The van der Waals surface area contributed by atoms with Crippen molar-refractivity contribution in [1.82, 2.24) is 15.0 Å². The fourth-order valence-electron chi connectivity index (χ4n) is 2.84. The Bertz CT molecular complexity index is 1220. The van der Waals surface area contributed by atoms with Crippen LogP contribution in [0, 0.1) is 18.6 Å². The van der Waals surface area contributed by atoms with Crippen LogP contribution in [0.15, 0.2) is 60.8 Å². The van der Waals surface area contributed by atoms with Crippen LogP contribution in [0.3, 0.4) is 0 Å². The first-order chi connectivity index (χ1) is 14.0. The molecule has 0 unspecified atom stereocenters. The number of para-hydroxylation sites is 1. The number of aromatic nitrogens is 3. The number of pyridine rings is 1.